The van der Waals surface area contributed by atoms with Crippen LogP contribution in [0.25, 0.3) is 6.08 Å². The first-order valence-electron chi connectivity index (χ1n) is 9.53. The van der Waals surface area contributed by atoms with E-state index in [1.807, 2.05) is 49.4 Å². The molecule has 2 atom stereocenters. The van der Waals surface area contributed by atoms with Crippen LogP contribution in [0, 0.1) is 0 Å². The van der Waals surface area contributed by atoms with Crippen molar-refractivity contribution in [2.24, 2.45) is 0 Å². The maximum absolute atomic E-state index is 12.8. The van der Waals surface area contributed by atoms with Gasteiger partial charge in [0, 0.05) is 12.5 Å². The molecule has 2 aliphatic heterocycles. The van der Waals surface area contributed by atoms with Gasteiger partial charge in [0.05, 0.1) is 12.0 Å². The molecule has 0 saturated heterocycles. The van der Waals surface area contributed by atoms with E-state index < -0.39 is 5.60 Å². The number of fused-ring (bicyclic) bond motifs is 2. The summed E-state index contributed by atoms with van der Waals surface area (Å²) in [5.41, 5.74) is 2.42. The normalized spacial score (nSPS) is 22.5. The fraction of sp³-hybridized carbons (Fsp3) is 0.292. The highest BCUT2D eigenvalue weighted by molar-refractivity contribution is 6.04. The smallest absolute Gasteiger partial charge is 0.174 e. The number of carbonyl (C=O) groups is 1. The van der Waals surface area contributed by atoms with Crippen LogP contribution in [-0.2, 0) is 0 Å². The first kappa shape index (κ1) is 18.4. The number of ketones is 1. The van der Waals surface area contributed by atoms with E-state index in [0.717, 1.165) is 12.0 Å². The van der Waals surface area contributed by atoms with Crippen molar-refractivity contribution in [3.8, 4) is 17.2 Å². The number of phenolic OH excluding ortho intramolecular Hbond substituents is 1. The van der Waals surface area contributed by atoms with E-state index >= 15 is 0 Å². The molecule has 0 spiro atoms. The second-order valence-corrected chi connectivity index (χ2v) is 7.89. The number of allylic oxidation sites excluding steroid dienone is 1. The Labute approximate surface area is 165 Å². The van der Waals surface area contributed by atoms with Gasteiger partial charge in [0.2, 0.25) is 0 Å². The zero-order valence-electron chi connectivity index (χ0n) is 16.4. The van der Waals surface area contributed by atoms with E-state index in [0.29, 0.717) is 17.1 Å². The van der Waals surface area contributed by atoms with Gasteiger partial charge < -0.3 is 14.6 Å². The van der Waals surface area contributed by atoms with Crippen LogP contribution < -0.4 is 9.47 Å². The van der Waals surface area contributed by atoms with Crippen LogP contribution in [0.1, 0.15) is 61.2 Å². The summed E-state index contributed by atoms with van der Waals surface area (Å²) in [5, 5.41) is 10.8. The lowest BCUT2D eigenvalue weighted by Gasteiger charge is -2.33. The van der Waals surface area contributed by atoms with Crippen LogP contribution in [0.2, 0.25) is 0 Å². The van der Waals surface area contributed by atoms with Gasteiger partial charge in [-0.2, -0.15) is 0 Å². The van der Waals surface area contributed by atoms with Crippen LogP contribution in [0.5, 0.6) is 17.2 Å². The molecule has 0 aliphatic carbocycles. The molecule has 1 N–H and O–H groups in total. The Hall–Kier alpha value is -3.01. The number of benzene rings is 2. The van der Waals surface area contributed by atoms with E-state index in [4.69, 9.17) is 9.47 Å². The largest absolute Gasteiger partial charge is 0.506 e. The van der Waals surface area contributed by atoms with Crippen molar-refractivity contribution in [3.63, 3.8) is 0 Å². The molecule has 1 unspecified atom stereocenters. The molecule has 0 amide bonds. The first-order chi connectivity index (χ1) is 13.4. The number of carbonyl (C=O) groups excluding carboxylic acids is 1. The lowest BCUT2D eigenvalue weighted by Crippen LogP contribution is -2.31. The molecule has 2 aromatic rings. The minimum atomic E-state index is -0.511. The number of phenols is 1. The highest BCUT2D eigenvalue weighted by atomic mass is 16.5. The fourth-order valence-corrected chi connectivity index (χ4v) is 3.63. The Balaban J connectivity index is 1.71. The van der Waals surface area contributed by atoms with Crippen molar-refractivity contribution in [3.05, 3.63) is 70.8 Å². The van der Waals surface area contributed by atoms with E-state index in [1.54, 1.807) is 6.07 Å². The molecule has 0 saturated carbocycles. The minimum absolute atomic E-state index is 0.0653. The van der Waals surface area contributed by atoms with Crippen molar-refractivity contribution >= 4 is 11.9 Å². The molecule has 4 nitrogen and oxygen atoms in total. The number of aromatic hydroxyl groups is 1. The maximum Gasteiger partial charge on any atom is 0.174 e. The Kier molecular flexibility index (Phi) is 4.50. The molecule has 0 fully saturated rings. The van der Waals surface area contributed by atoms with Crippen LogP contribution in [0.4, 0.5) is 0 Å². The molecule has 4 rings (SSSR count). The number of hydrogen-bond acceptors (Lipinski definition) is 4. The van der Waals surface area contributed by atoms with Gasteiger partial charge in [0.1, 0.15) is 34.5 Å². The minimum Gasteiger partial charge on any atom is -0.506 e. The maximum atomic E-state index is 12.8. The predicted molar refractivity (Wildman–Crippen MR) is 109 cm³/mol. The van der Waals surface area contributed by atoms with Gasteiger partial charge in [-0.15, -0.1) is 0 Å². The zero-order valence-corrected chi connectivity index (χ0v) is 16.4. The predicted octanol–water partition coefficient (Wildman–Crippen LogP) is 5.62. The number of rotatable bonds is 3. The first-order valence-corrected chi connectivity index (χ1v) is 9.53. The number of hydrogen-bond donors (Lipinski definition) is 1. The molecule has 144 valence electrons. The van der Waals surface area contributed by atoms with Crippen LogP contribution in [0.3, 0.4) is 0 Å². The third-order valence-electron chi connectivity index (χ3n) is 5.22. The summed E-state index contributed by atoms with van der Waals surface area (Å²) >= 11 is 0. The Morgan fingerprint density at radius 3 is 2.71 bits per heavy atom. The van der Waals surface area contributed by atoms with Gasteiger partial charge in [-0.3, -0.25) is 4.79 Å². The summed E-state index contributed by atoms with van der Waals surface area (Å²) in [6, 6.07) is 11.4. The third kappa shape index (κ3) is 3.31. The molecule has 2 heterocycles. The second kappa shape index (κ2) is 6.86. The van der Waals surface area contributed by atoms with Gasteiger partial charge in [0.15, 0.2) is 5.78 Å². The Morgan fingerprint density at radius 2 is 2.00 bits per heavy atom. The Morgan fingerprint density at radius 1 is 1.25 bits per heavy atom. The van der Waals surface area contributed by atoms with Crippen LogP contribution >= 0.6 is 0 Å². The van der Waals surface area contributed by atoms with Crippen LogP contribution in [0.15, 0.2) is 54.1 Å². The lowest BCUT2D eigenvalue weighted by atomic mass is 9.91. The standard InChI is InChI=1S/C24H24O4/c1-15(2)9-11-24(3)12-10-17-20(28-24)14-21-22(23(17)26)18(25)13-19(27-21)16-7-5-4-6-8-16/h4-10,12,14,19,26H,11,13H2,1-3H3/t19-,24?/m0/s1. The van der Waals surface area contributed by atoms with Crippen molar-refractivity contribution in [2.75, 3.05) is 0 Å². The molecule has 2 aliphatic rings. The summed E-state index contributed by atoms with van der Waals surface area (Å²) in [6.45, 7) is 6.10. The van der Waals surface area contributed by atoms with Crippen molar-refractivity contribution in [1.82, 2.24) is 0 Å². The molecule has 28 heavy (non-hydrogen) atoms. The van der Waals surface area contributed by atoms with Gasteiger partial charge in [-0.05, 0) is 38.5 Å². The average molecular weight is 376 g/mol. The third-order valence-corrected chi connectivity index (χ3v) is 5.22. The van der Waals surface area contributed by atoms with Gasteiger partial charge in [0.25, 0.3) is 0 Å². The zero-order chi connectivity index (χ0) is 19.9. The van der Waals surface area contributed by atoms with Crippen LogP contribution in [-0.4, -0.2) is 16.5 Å². The summed E-state index contributed by atoms with van der Waals surface area (Å²) in [5.74, 6) is 0.720. The summed E-state index contributed by atoms with van der Waals surface area (Å²) in [7, 11) is 0. The molecule has 0 bridgehead atoms. The monoisotopic (exact) mass is 376 g/mol. The van der Waals surface area contributed by atoms with Crippen molar-refractivity contribution in [2.45, 2.75) is 45.3 Å². The van der Waals surface area contributed by atoms with E-state index in [1.165, 1.54) is 5.57 Å². The number of ether oxygens (including phenoxy) is 2. The highest BCUT2D eigenvalue weighted by Crippen LogP contribution is 2.47. The van der Waals surface area contributed by atoms with Crippen molar-refractivity contribution < 1.29 is 19.4 Å². The summed E-state index contributed by atoms with van der Waals surface area (Å²) in [6.07, 6.45) is 6.45. The summed E-state index contributed by atoms with van der Waals surface area (Å²) in [4.78, 5) is 12.8. The lowest BCUT2D eigenvalue weighted by molar-refractivity contribution is 0.0841. The number of Topliss-reactive ketones (excluding diaryl/α,β-unsaturated/α-hetero) is 1. The SMILES string of the molecule is CC(C)=CCC1(C)C=Cc2c(cc3c(c2O)C(=O)C[C@@H](c2ccccc2)O3)O1. The van der Waals surface area contributed by atoms with Gasteiger partial charge in [-0.1, -0.05) is 42.0 Å². The average Bonchev–Trinajstić information content (AvgIpc) is 2.66. The molecular weight excluding hydrogens is 352 g/mol. The molecule has 2 aromatic carbocycles. The molecular formula is C24H24O4. The molecule has 0 aromatic heterocycles. The second-order valence-electron chi connectivity index (χ2n) is 7.89. The van der Waals surface area contributed by atoms with E-state index in [-0.39, 0.29) is 29.6 Å². The highest BCUT2D eigenvalue weighted by Gasteiger charge is 2.35. The van der Waals surface area contributed by atoms with Gasteiger partial charge >= 0.3 is 0 Å². The van der Waals surface area contributed by atoms with Gasteiger partial charge in [-0.25, -0.2) is 0 Å². The quantitative estimate of drug-likeness (QED) is 0.707. The fourth-order valence-electron chi connectivity index (χ4n) is 3.63. The summed E-state index contributed by atoms with van der Waals surface area (Å²) < 4.78 is 12.3. The molecule has 4 heteroatoms. The van der Waals surface area contributed by atoms with Crippen molar-refractivity contribution in [1.29, 1.82) is 0 Å². The van der Waals surface area contributed by atoms with E-state index in [9.17, 15) is 9.90 Å². The Bertz CT molecular complexity index is 983. The van der Waals surface area contributed by atoms with E-state index in [2.05, 4.69) is 19.9 Å². The molecule has 0 radical (unpaired) electrons. The topological polar surface area (TPSA) is 55.8 Å².